The molecule has 1 rings (SSSR count). The van der Waals surface area contributed by atoms with Gasteiger partial charge in [0.2, 0.25) is 0 Å². The van der Waals surface area contributed by atoms with Crippen LogP contribution in [-0.4, -0.2) is 5.78 Å². The molecule has 1 nitrogen and oxygen atoms in total. The molecule has 0 saturated carbocycles. The van der Waals surface area contributed by atoms with Gasteiger partial charge in [-0.2, -0.15) is 0 Å². The minimum atomic E-state index is 0.285. The molecule has 13 heavy (non-hydrogen) atoms. The van der Waals surface area contributed by atoms with Gasteiger partial charge < -0.3 is 0 Å². The van der Waals surface area contributed by atoms with E-state index in [4.69, 9.17) is 0 Å². The fourth-order valence-electron chi connectivity index (χ4n) is 1.02. The molecule has 0 amide bonds. The molecule has 1 aromatic rings. The largest absolute Gasteiger partial charge is 0.294 e. The van der Waals surface area contributed by atoms with Gasteiger partial charge in [0.05, 0.1) is 2.88 Å². The highest BCUT2D eigenvalue weighted by molar-refractivity contribution is 14.1. The predicted molar refractivity (Wildman–Crippen MR) is 65.4 cm³/mol. The Balaban J connectivity index is 2.49. The maximum atomic E-state index is 11.6. The standard InChI is InChI=1S/C10H13IOS/c1-7(2)3-4-9(12)8-5-10(11)13-6-8/h5-7H,3-4H2,1-2H3. The lowest BCUT2D eigenvalue weighted by Crippen LogP contribution is -1.99. The molecule has 0 spiro atoms. The molecule has 0 fully saturated rings. The van der Waals surface area contributed by atoms with Gasteiger partial charge in [-0.25, -0.2) is 0 Å². The third kappa shape index (κ3) is 3.77. The molecule has 0 aromatic carbocycles. The zero-order valence-electron chi connectivity index (χ0n) is 7.84. The summed E-state index contributed by atoms with van der Waals surface area (Å²) in [6, 6.07) is 1.97. The van der Waals surface area contributed by atoms with Gasteiger partial charge in [-0.05, 0) is 41.0 Å². The van der Waals surface area contributed by atoms with Crippen LogP contribution >= 0.6 is 33.9 Å². The van der Waals surface area contributed by atoms with Gasteiger partial charge >= 0.3 is 0 Å². The zero-order chi connectivity index (χ0) is 9.84. The van der Waals surface area contributed by atoms with Crippen LogP contribution < -0.4 is 0 Å². The van der Waals surface area contributed by atoms with E-state index in [0.29, 0.717) is 12.3 Å². The van der Waals surface area contributed by atoms with Crippen molar-refractivity contribution in [2.75, 3.05) is 0 Å². The SMILES string of the molecule is CC(C)CCC(=O)c1csc(I)c1. The van der Waals surface area contributed by atoms with Crippen LogP contribution in [0.25, 0.3) is 0 Å². The second-order valence-corrected chi connectivity index (χ2v) is 6.30. The minimum absolute atomic E-state index is 0.285. The first-order valence-corrected chi connectivity index (χ1v) is 6.32. The highest BCUT2D eigenvalue weighted by atomic mass is 127. The third-order valence-corrected chi connectivity index (χ3v) is 3.63. The molecule has 72 valence electrons. The van der Waals surface area contributed by atoms with E-state index in [0.717, 1.165) is 12.0 Å². The fourth-order valence-corrected chi connectivity index (χ4v) is 2.37. The lowest BCUT2D eigenvalue weighted by Gasteiger charge is -2.01. The van der Waals surface area contributed by atoms with Crippen LogP contribution in [0.1, 0.15) is 37.0 Å². The Bertz CT molecular complexity index is 291. The molecule has 0 aliphatic heterocycles. The summed E-state index contributed by atoms with van der Waals surface area (Å²) in [4.78, 5) is 11.6. The van der Waals surface area contributed by atoms with E-state index in [2.05, 4.69) is 36.4 Å². The van der Waals surface area contributed by atoms with Crippen molar-refractivity contribution >= 4 is 39.7 Å². The summed E-state index contributed by atoms with van der Waals surface area (Å²) in [5, 5.41) is 1.95. The van der Waals surface area contributed by atoms with E-state index in [1.165, 1.54) is 2.88 Å². The second kappa shape index (κ2) is 5.10. The van der Waals surface area contributed by atoms with Gasteiger partial charge in [0.15, 0.2) is 5.78 Å². The van der Waals surface area contributed by atoms with E-state index in [1.54, 1.807) is 11.3 Å². The highest BCUT2D eigenvalue weighted by Crippen LogP contribution is 2.19. The molecule has 0 atom stereocenters. The topological polar surface area (TPSA) is 17.1 Å². The van der Waals surface area contributed by atoms with Crippen LogP contribution in [0, 0.1) is 8.80 Å². The molecule has 1 aromatic heterocycles. The number of hydrogen-bond acceptors (Lipinski definition) is 2. The smallest absolute Gasteiger partial charge is 0.163 e. The first-order valence-electron chi connectivity index (χ1n) is 4.37. The van der Waals surface area contributed by atoms with Crippen molar-refractivity contribution in [3.63, 3.8) is 0 Å². The number of hydrogen-bond donors (Lipinski definition) is 0. The molecule has 0 unspecified atom stereocenters. The summed E-state index contributed by atoms with van der Waals surface area (Å²) in [7, 11) is 0. The number of halogens is 1. The Hall–Kier alpha value is 0.1000. The van der Waals surface area contributed by atoms with Crippen molar-refractivity contribution in [3.8, 4) is 0 Å². The van der Waals surface area contributed by atoms with Crippen molar-refractivity contribution in [2.45, 2.75) is 26.7 Å². The third-order valence-electron chi connectivity index (χ3n) is 1.84. The van der Waals surface area contributed by atoms with Crippen molar-refractivity contribution in [1.82, 2.24) is 0 Å². The van der Waals surface area contributed by atoms with Gasteiger partial charge in [0.1, 0.15) is 0 Å². The molecular formula is C10H13IOS. The summed E-state index contributed by atoms with van der Waals surface area (Å²) in [6.07, 6.45) is 1.68. The Kier molecular flexibility index (Phi) is 4.38. The number of carbonyl (C=O) groups excluding carboxylic acids is 1. The van der Waals surface area contributed by atoms with Gasteiger partial charge in [0, 0.05) is 17.4 Å². The first-order chi connectivity index (χ1) is 6.09. The Morgan fingerprint density at radius 2 is 2.31 bits per heavy atom. The number of Topliss-reactive ketones (excluding diaryl/α,β-unsaturated/α-hetero) is 1. The maximum absolute atomic E-state index is 11.6. The molecule has 0 aliphatic rings. The number of thiophene rings is 1. The Morgan fingerprint density at radius 3 is 2.77 bits per heavy atom. The van der Waals surface area contributed by atoms with Crippen LogP contribution in [0.3, 0.4) is 0 Å². The molecule has 3 heteroatoms. The van der Waals surface area contributed by atoms with Crippen molar-refractivity contribution in [3.05, 3.63) is 19.9 Å². The lowest BCUT2D eigenvalue weighted by molar-refractivity contribution is 0.0976. The van der Waals surface area contributed by atoms with E-state index >= 15 is 0 Å². The molecule has 0 aliphatic carbocycles. The quantitative estimate of drug-likeness (QED) is 0.607. The van der Waals surface area contributed by atoms with Crippen molar-refractivity contribution in [1.29, 1.82) is 0 Å². The average Bonchev–Trinajstić information content (AvgIpc) is 2.47. The predicted octanol–water partition coefficient (Wildman–Crippen LogP) is 3.97. The van der Waals surface area contributed by atoms with Crippen molar-refractivity contribution < 1.29 is 4.79 Å². The van der Waals surface area contributed by atoms with E-state index in [1.807, 2.05) is 11.4 Å². The Labute approximate surface area is 96.7 Å². The van der Waals surface area contributed by atoms with Crippen LogP contribution in [0.4, 0.5) is 0 Å². The molecule has 0 N–H and O–H groups in total. The monoisotopic (exact) mass is 308 g/mol. The molecular weight excluding hydrogens is 295 g/mol. The normalized spacial score (nSPS) is 10.8. The Morgan fingerprint density at radius 1 is 1.62 bits per heavy atom. The lowest BCUT2D eigenvalue weighted by atomic mass is 10.0. The van der Waals surface area contributed by atoms with Gasteiger partial charge in [-0.15, -0.1) is 11.3 Å². The number of ketones is 1. The molecule has 1 heterocycles. The van der Waals surface area contributed by atoms with Gasteiger partial charge in [0.25, 0.3) is 0 Å². The van der Waals surface area contributed by atoms with Gasteiger partial charge in [-0.3, -0.25) is 4.79 Å². The number of carbonyl (C=O) groups is 1. The molecule has 0 bridgehead atoms. The summed E-state index contributed by atoms with van der Waals surface area (Å²) in [5.74, 6) is 0.898. The van der Waals surface area contributed by atoms with Crippen LogP contribution in [-0.2, 0) is 0 Å². The molecule has 0 saturated heterocycles. The van der Waals surface area contributed by atoms with E-state index in [-0.39, 0.29) is 5.78 Å². The van der Waals surface area contributed by atoms with E-state index in [9.17, 15) is 4.79 Å². The minimum Gasteiger partial charge on any atom is -0.294 e. The highest BCUT2D eigenvalue weighted by Gasteiger charge is 2.08. The van der Waals surface area contributed by atoms with Gasteiger partial charge in [-0.1, -0.05) is 13.8 Å². The zero-order valence-corrected chi connectivity index (χ0v) is 10.8. The molecule has 0 radical (unpaired) electrons. The maximum Gasteiger partial charge on any atom is 0.163 e. The summed E-state index contributed by atoms with van der Waals surface area (Å²) < 4.78 is 1.19. The van der Waals surface area contributed by atoms with Crippen LogP contribution in [0.2, 0.25) is 0 Å². The average molecular weight is 308 g/mol. The second-order valence-electron chi connectivity index (χ2n) is 3.50. The summed E-state index contributed by atoms with van der Waals surface area (Å²) >= 11 is 3.87. The summed E-state index contributed by atoms with van der Waals surface area (Å²) in [6.45, 7) is 4.29. The van der Waals surface area contributed by atoms with Crippen LogP contribution in [0.5, 0.6) is 0 Å². The first kappa shape index (κ1) is 11.2. The van der Waals surface area contributed by atoms with E-state index < -0.39 is 0 Å². The van der Waals surface area contributed by atoms with Crippen molar-refractivity contribution in [2.24, 2.45) is 5.92 Å². The fraction of sp³-hybridized carbons (Fsp3) is 0.500. The summed E-state index contributed by atoms with van der Waals surface area (Å²) in [5.41, 5.74) is 0.884. The number of rotatable bonds is 4. The van der Waals surface area contributed by atoms with Crippen LogP contribution in [0.15, 0.2) is 11.4 Å².